The lowest BCUT2D eigenvalue weighted by molar-refractivity contribution is 0.0730. The van der Waals surface area contributed by atoms with Crippen molar-refractivity contribution >= 4 is 16.9 Å². The Morgan fingerprint density at radius 3 is 1.89 bits per heavy atom. The number of carbonyl (C=O) groups is 1. The van der Waals surface area contributed by atoms with Crippen LogP contribution in [0.1, 0.15) is 47.8 Å². The predicted molar refractivity (Wildman–Crippen MR) is 147 cm³/mol. The lowest BCUT2D eigenvalue weighted by Gasteiger charge is -2.19. The van der Waals surface area contributed by atoms with E-state index in [4.69, 9.17) is 23.4 Å². The first-order valence-electron chi connectivity index (χ1n) is 12.2. The second kappa shape index (κ2) is 10.2. The van der Waals surface area contributed by atoms with Crippen molar-refractivity contribution in [2.75, 3.05) is 21.3 Å². The molecule has 0 radical (unpaired) electrons. The molecule has 0 aliphatic heterocycles. The number of ether oxygens (including phenoxy) is 4. The zero-order valence-electron chi connectivity index (χ0n) is 23.0. The number of hydrogen-bond acceptors (Lipinski definition) is 7. The molecule has 4 rings (SSSR count). The van der Waals surface area contributed by atoms with Crippen molar-refractivity contribution in [1.29, 1.82) is 0 Å². The van der Waals surface area contributed by atoms with E-state index in [0.29, 0.717) is 22.3 Å². The number of fused-ring (bicyclic) bond motifs is 1. The minimum absolute atomic E-state index is 0.0564. The summed E-state index contributed by atoms with van der Waals surface area (Å²) in [5.74, 6) is 0.117. The van der Waals surface area contributed by atoms with Gasteiger partial charge in [-0.25, -0.2) is 4.79 Å². The zero-order chi connectivity index (χ0) is 27.8. The molecule has 0 bridgehead atoms. The molecule has 0 amide bonds. The molecule has 0 atom stereocenters. The average Bonchev–Trinajstić information content (AvgIpc) is 2.89. The maximum Gasteiger partial charge on any atom is 0.344 e. The third-order valence-corrected chi connectivity index (χ3v) is 6.57. The molecule has 7 heteroatoms. The molecule has 3 aromatic carbocycles. The summed E-state index contributed by atoms with van der Waals surface area (Å²) in [7, 11) is 4.38. The van der Waals surface area contributed by atoms with E-state index in [2.05, 4.69) is 20.8 Å². The average molecular weight is 517 g/mol. The first-order chi connectivity index (χ1) is 18.0. The van der Waals surface area contributed by atoms with Gasteiger partial charge in [0.15, 0.2) is 17.3 Å². The fraction of sp³-hybridized carbons (Fsp3) is 0.290. The summed E-state index contributed by atoms with van der Waals surface area (Å²) in [6, 6.07) is 14.2. The number of hydrogen-bond donors (Lipinski definition) is 0. The van der Waals surface area contributed by atoms with Crippen molar-refractivity contribution in [3.05, 3.63) is 81.0 Å². The molecule has 1 heterocycles. The third-order valence-electron chi connectivity index (χ3n) is 6.57. The third kappa shape index (κ3) is 4.96. The van der Waals surface area contributed by atoms with Crippen LogP contribution < -0.4 is 24.4 Å². The molecule has 198 valence electrons. The molecule has 0 aliphatic rings. The Balaban J connectivity index is 1.89. The summed E-state index contributed by atoms with van der Waals surface area (Å²) in [5, 5.41) is 0.329. The van der Waals surface area contributed by atoms with E-state index in [0.717, 1.165) is 16.7 Å². The van der Waals surface area contributed by atoms with Gasteiger partial charge in [0, 0.05) is 5.56 Å². The Morgan fingerprint density at radius 1 is 0.789 bits per heavy atom. The highest BCUT2D eigenvalue weighted by molar-refractivity contribution is 5.94. The first kappa shape index (κ1) is 26.8. The number of carbonyl (C=O) groups excluding carboxylic acids is 1. The highest BCUT2D eigenvalue weighted by Gasteiger charge is 2.24. The van der Waals surface area contributed by atoms with Gasteiger partial charge in [-0.1, -0.05) is 45.0 Å². The van der Waals surface area contributed by atoms with Crippen LogP contribution in [0, 0.1) is 13.8 Å². The minimum Gasteiger partial charge on any atom is -0.493 e. The molecule has 0 aliphatic carbocycles. The van der Waals surface area contributed by atoms with E-state index < -0.39 is 11.4 Å². The van der Waals surface area contributed by atoms with Crippen LogP contribution in [0.15, 0.2) is 57.7 Å². The molecule has 4 aromatic rings. The van der Waals surface area contributed by atoms with Gasteiger partial charge in [0.05, 0.1) is 32.3 Å². The molecular weight excluding hydrogens is 484 g/mol. The van der Waals surface area contributed by atoms with Gasteiger partial charge in [-0.2, -0.15) is 0 Å². The largest absolute Gasteiger partial charge is 0.493 e. The summed E-state index contributed by atoms with van der Waals surface area (Å²) >= 11 is 0. The van der Waals surface area contributed by atoms with Crippen molar-refractivity contribution in [1.82, 2.24) is 0 Å². The topological polar surface area (TPSA) is 84.2 Å². The van der Waals surface area contributed by atoms with Crippen LogP contribution in [0.5, 0.6) is 23.0 Å². The second-order valence-electron chi connectivity index (χ2n) is 10.2. The number of rotatable bonds is 6. The Labute approximate surface area is 221 Å². The minimum atomic E-state index is -0.771. The van der Waals surface area contributed by atoms with Gasteiger partial charge in [0.1, 0.15) is 5.58 Å². The highest BCUT2D eigenvalue weighted by Crippen LogP contribution is 2.39. The van der Waals surface area contributed by atoms with Crippen LogP contribution in [-0.2, 0) is 5.41 Å². The number of benzene rings is 3. The SMILES string of the molecule is COc1cc(C(=O)Oc2c(-c3ccc(C(C)(C)C)cc3)oc3cc(C)c(C)cc3c2=O)cc(OC)c1OC. The fourth-order valence-corrected chi connectivity index (χ4v) is 4.19. The van der Waals surface area contributed by atoms with Crippen LogP contribution in [-0.4, -0.2) is 27.3 Å². The number of methoxy groups -OCH3 is 3. The van der Waals surface area contributed by atoms with Gasteiger partial charge in [-0.05, 0) is 60.2 Å². The van der Waals surface area contributed by atoms with Crippen molar-refractivity contribution in [2.24, 2.45) is 0 Å². The molecule has 0 saturated heterocycles. The second-order valence-corrected chi connectivity index (χ2v) is 10.2. The lowest BCUT2D eigenvalue weighted by atomic mass is 9.86. The van der Waals surface area contributed by atoms with Crippen molar-refractivity contribution in [3.63, 3.8) is 0 Å². The number of esters is 1. The van der Waals surface area contributed by atoms with E-state index in [1.165, 1.54) is 33.5 Å². The molecule has 38 heavy (non-hydrogen) atoms. The predicted octanol–water partition coefficient (Wildman–Crippen LogP) is 6.62. The van der Waals surface area contributed by atoms with E-state index in [1.807, 2.05) is 44.2 Å². The zero-order valence-corrected chi connectivity index (χ0v) is 23.0. The fourth-order valence-electron chi connectivity index (χ4n) is 4.19. The molecule has 0 fully saturated rings. The van der Waals surface area contributed by atoms with E-state index in [-0.39, 0.29) is 34.0 Å². The van der Waals surface area contributed by atoms with E-state index in [9.17, 15) is 9.59 Å². The summed E-state index contributed by atoms with van der Waals surface area (Å²) in [4.78, 5) is 27.1. The van der Waals surface area contributed by atoms with Crippen LogP contribution in [0.4, 0.5) is 0 Å². The molecule has 0 unspecified atom stereocenters. The quantitative estimate of drug-likeness (QED) is 0.266. The van der Waals surface area contributed by atoms with Gasteiger partial charge in [0.2, 0.25) is 16.9 Å². The van der Waals surface area contributed by atoms with Crippen LogP contribution >= 0.6 is 0 Å². The van der Waals surface area contributed by atoms with E-state index >= 15 is 0 Å². The molecule has 0 spiro atoms. The molecular formula is C31H32O7. The summed E-state index contributed by atoms with van der Waals surface area (Å²) in [5.41, 5.74) is 3.68. The lowest BCUT2D eigenvalue weighted by Crippen LogP contribution is -2.17. The Hall–Kier alpha value is -4.26. The summed E-state index contributed by atoms with van der Waals surface area (Å²) < 4.78 is 28.1. The standard InChI is InChI=1S/C31H32O7/c1-17-13-22-23(14-18(17)2)37-27(19-9-11-21(12-10-19)31(3,4)5)29(26(22)32)38-30(33)20-15-24(34-6)28(36-8)25(16-20)35-7/h9-16H,1-8H3. The molecule has 1 aromatic heterocycles. The van der Waals surface area contributed by atoms with Gasteiger partial charge in [-0.3, -0.25) is 4.79 Å². The maximum absolute atomic E-state index is 13.7. The van der Waals surface area contributed by atoms with Gasteiger partial charge >= 0.3 is 5.97 Å². The number of aryl methyl sites for hydroxylation is 2. The van der Waals surface area contributed by atoms with Gasteiger partial charge < -0.3 is 23.4 Å². The normalized spacial score (nSPS) is 11.4. The van der Waals surface area contributed by atoms with Gasteiger partial charge in [-0.15, -0.1) is 0 Å². The van der Waals surface area contributed by atoms with Crippen molar-refractivity contribution < 1.29 is 28.2 Å². The van der Waals surface area contributed by atoms with Crippen LogP contribution in [0.25, 0.3) is 22.3 Å². The highest BCUT2D eigenvalue weighted by atomic mass is 16.5. The van der Waals surface area contributed by atoms with Crippen LogP contribution in [0.3, 0.4) is 0 Å². The van der Waals surface area contributed by atoms with Crippen molar-refractivity contribution in [2.45, 2.75) is 40.0 Å². The van der Waals surface area contributed by atoms with Gasteiger partial charge in [0.25, 0.3) is 0 Å². The Morgan fingerprint density at radius 2 is 1.37 bits per heavy atom. The summed E-state index contributed by atoms with van der Waals surface area (Å²) in [6.07, 6.45) is 0. The molecule has 0 N–H and O–H groups in total. The molecule has 0 saturated carbocycles. The maximum atomic E-state index is 13.7. The molecule has 7 nitrogen and oxygen atoms in total. The Kier molecular flexibility index (Phi) is 7.22. The smallest absolute Gasteiger partial charge is 0.344 e. The summed E-state index contributed by atoms with van der Waals surface area (Å²) in [6.45, 7) is 10.2. The van der Waals surface area contributed by atoms with Crippen molar-refractivity contribution in [3.8, 4) is 34.3 Å². The first-order valence-corrected chi connectivity index (χ1v) is 12.2. The Bertz CT molecular complexity index is 1550. The van der Waals surface area contributed by atoms with E-state index in [1.54, 1.807) is 6.07 Å². The van der Waals surface area contributed by atoms with Crippen LogP contribution in [0.2, 0.25) is 0 Å². The monoisotopic (exact) mass is 516 g/mol.